The normalized spacial score (nSPS) is 10.3. The van der Waals surface area contributed by atoms with Crippen LogP contribution in [0.3, 0.4) is 0 Å². The molecular formula is C7H3Cl2N3S. The van der Waals surface area contributed by atoms with Crippen LogP contribution in [0.2, 0.25) is 9.49 Å². The van der Waals surface area contributed by atoms with Crippen LogP contribution in [-0.4, -0.2) is 15.2 Å². The number of aromatic nitrogens is 3. The van der Waals surface area contributed by atoms with Gasteiger partial charge in [-0.15, -0.1) is 10.2 Å². The van der Waals surface area contributed by atoms with Gasteiger partial charge in [0.15, 0.2) is 5.01 Å². The Balaban J connectivity index is 2.46. The van der Waals surface area contributed by atoms with Gasteiger partial charge in [0.2, 0.25) is 4.47 Å². The lowest BCUT2D eigenvalue weighted by Gasteiger charge is -1.93. The number of hydrogen-bond acceptors (Lipinski definition) is 4. The van der Waals surface area contributed by atoms with Crippen molar-refractivity contribution in [1.82, 2.24) is 15.2 Å². The minimum atomic E-state index is 0.412. The van der Waals surface area contributed by atoms with E-state index in [-0.39, 0.29) is 0 Å². The van der Waals surface area contributed by atoms with Crippen LogP contribution in [0.5, 0.6) is 0 Å². The Hall–Kier alpha value is -0.710. The zero-order valence-corrected chi connectivity index (χ0v) is 8.57. The molecule has 0 N–H and O–H groups in total. The molecule has 13 heavy (non-hydrogen) atoms. The predicted molar refractivity (Wildman–Crippen MR) is 53.2 cm³/mol. The van der Waals surface area contributed by atoms with Gasteiger partial charge in [-0.3, -0.25) is 4.98 Å². The number of nitrogens with zero attached hydrogens (tertiary/aromatic N) is 3. The molecule has 0 fully saturated rings. The van der Waals surface area contributed by atoms with Gasteiger partial charge in [-0.05, 0) is 17.7 Å². The van der Waals surface area contributed by atoms with Crippen LogP contribution < -0.4 is 0 Å². The van der Waals surface area contributed by atoms with E-state index in [1.807, 2.05) is 0 Å². The third-order valence-corrected chi connectivity index (χ3v) is 2.63. The zero-order chi connectivity index (χ0) is 9.26. The molecular weight excluding hydrogens is 229 g/mol. The van der Waals surface area contributed by atoms with E-state index in [4.69, 9.17) is 23.2 Å². The molecule has 0 saturated heterocycles. The molecule has 0 unspecified atom stereocenters. The van der Waals surface area contributed by atoms with Crippen LogP contribution in [-0.2, 0) is 0 Å². The molecule has 0 amide bonds. The van der Waals surface area contributed by atoms with Crippen LogP contribution in [0.25, 0.3) is 10.6 Å². The highest BCUT2D eigenvalue weighted by Crippen LogP contribution is 2.26. The first kappa shape index (κ1) is 8.87. The number of pyridine rings is 1. The SMILES string of the molecule is Clc1cncc(-c2nnc(Cl)s2)c1. The fraction of sp³-hybridized carbons (Fsp3) is 0. The van der Waals surface area contributed by atoms with Gasteiger partial charge in [0.1, 0.15) is 0 Å². The Kier molecular flexibility index (Phi) is 2.44. The van der Waals surface area contributed by atoms with Crippen LogP contribution in [0.15, 0.2) is 18.5 Å². The molecule has 0 aliphatic heterocycles. The van der Waals surface area contributed by atoms with Gasteiger partial charge >= 0.3 is 0 Å². The molecule has 0 spiro atoms. The van der Waals surface area contributed by atoms with Crippen LogP contribution in [0.4, 0.5) is 0 Å². The Morgan fingerprint density at radius 3 is 2.62 bits per heavy atom. The third kappa shape index (κ3) is 1.96. The molecule has 0 aromatic carbocycles. The lowest BCUT2D eigenvalue weighted by atomic mass is 10.3. The molecule has 0 saturated carbocycles. The monoisotopic (exact) mass is 231 g/mol. The van der Waals surface area contributed by atoms with Gasteiger partial charge in [-0.1, -0.05) is 22.9 Å². The molecule has 3 nitrogen and oxygen atoms in total. The third-order valence-electron chi connectivity index (χ3n) is 1.35. The van der Waals surface area contributed by atoms with Crippen molar-refractivity contribution in [1.29, 1.82) is 0 Å². The Morgan fingerprint density at radius 1 is 1.15 bits per heavy atom. The first-order chi connectivity index (χ1) is 6.25. The highest BCUT2D eigenvalue weighted by Gasteiger charge is 2.05. The zero-order valence-electron chi connectivity index (χ0n) is 6.24. The van der Waals surface area contributed by atoms with Crippen molar-refractivity contribution in [2.75, 3.05) is 0 Å². The summed E-state index contributed by atoms with van der Waals surface area (Å²) in [6.07, 6.45) is 3.23. The summed E-state index contributed by atoms with van der Waals surface area (Å²) >= 11 is 12.7. The standard InChI is InChI=1S/C7H3Cl2N3S/c8-5-1-4(2-10-3-5)6-11-12-7(9)13-6/h1-3H. The van der Waals surface area contributed by atoms with Crippen molar-refractivity contribution >= 4 is 34.5 Å². The Labute approximate surface area is 88.4 Å². The van der Waals surface area contributed by atoms with Crippen LogP contribution >= 0.6 is 34.5 Å². The van der Waals surface area contributed by atoms with E-state index in [0.717, 1.165) is 10.6 Å². The van der Waals surface area contributed by atoms with E-state index in [9.17, 15) is 0 Å². The topological polar surface area (TPSA) is 38.7 Å². The molecule has 0 aliphatic carbocycles. The van der Waals surface area contributed by atoms with Gasteiger partial charge < -0.3 is 0 Å². The summed E-state index contributed by atoms with van der Waals surface area (Å²) in [7, 11) is 0. The summed E-state index contributed by atoms with van der Waals surface area (Å²) in [6, 6.07) is 1.77. The molecule has 0 bridgehead atoms. The second-order valence-electron chi connectivity index (χ2n) is 2.25. The van der Waals surface area contributed by atoms with Crippen molar-refractivity contribution in [2.24, 2.45) is 0 Å². The van der Waals surface area contributed by atoms with E-state index in [1.165, 1.54) is 11.3 Å². The maximum atomic E-state index is 5.76. The van der Waals surface area contributed by atoms with Crippen molar-refractivity contribution < 1.29 is 0 Å². The van der Waals surface area contributed by atoms with E-state index in [1.54, 1.807) is 18.5 Å². The van der Waals surface area contributed by atoms with Crippen LogP contribution in [0, 0.1) is 0 Å². The summed E-state index contributed by atoms with van der Waals surface area (Å²) < 4.78 is 0.412. The van der Waals surface area contributed by atoms with E-state index in [0.29, 0.717) is 9.49 Å². The summed E-state index contributed by atoms with van der Waals surface area (Å²) in [5.41, 5.74) is 0.830. The molecule has 6 heteroatoms. The van der Waals surface area contributed by atoms with Gasteiger partial charge in [-0.2, -0.15) is 0 Å². The first-order valence-corrected chi connectivity index (χ1v) is 4.93. The van der Waals surface area contributed by atoms with Gasteiger partial charge in [0, 0.05) is 18.0 Å². The molecule has 2 aromatic rings. The minimum absolute atomic E-state index is 0.412. The second-order valence-corrected chi connectivity index (χ2v) is 4.25. The van der Waals surface area contributed by atoms with Crippen molar-refractivity contribution in [3.05, 3.63) is 27.9 Å². The van der Waals surface area contributed by atoms with E-state index in [2.05, 4.69) is 15.2 Å². The minimum Gasteiger partial charge on any atom is -0.262 e. The Morgan fingerprint density at radius 2 is 2.00 bits per heavy atom. The second kappa shape index (κ2) is 3.57. The Bertz CT molecular complexity index is 429. The van der Waals surface area contributed by atoms with Gasteiger partial charge in [-0.25, -0.2) is 0 Å². The summed E-state index contributed by atoms with van der Waals surface area (Å²) in [5.74, 6) is 0. The number of hydrogen-bond donors (Lipinski definition) is 0. The highest BCUT2D eigenvalue weighted by atomic mass is 35.5. The largest absolute Gasteiger partial charge is 0.262 e. The molecule has 0 aliphatic rings. The molecule has 2 aromatic heterocycles. The van der Waals surface area contributed by atoms with Gasteiger partial charge in [0.05, 0.1) is 5.02 Å². The molecule has 2 heterocycles. The lowest BCUT2D eigenvalue weighted by Crippen LogP contribution is -1.78. The molecule has 66 valence electrons. The lowest BCUT2D eigenvalue weighted by molar-refractivity contribution is 1.09. The van der Waals surface area contributed by atoms with Crippen molar-refractivity contribution in [3.63, 3.8) is 0 Å². The molecule has 0 atom stereocenters. The average molecular weight is 232 g/mol. The summed E-state index contributed by atoms with van der Waals surface area (Å²) in [4.78, 5) is 3.93. The van der Waals surface area contributed by atoms with E-state index < -0.39 is 0 Å². The van der Waals surface area contributed by atoms with Crippen LogP contribution in [0.1, 0.15) is 0 Å². The van der Waals surface area contributed by atoms with Crippen molar-refractivity contribution in [3.8, 4) is 10.6 Å². The fourth-order valence-corrected chi connectivity index (χ4v) is 1.83. The molecule has 2 rings (SSSR count). The van der Waals surface area contributed by atoms with Gasteiger partial charge in [0.25, 0.3) is 0 Å². The summed E-state index contributed by atoms with van der Waals surface area (Å²) in [6.45, 7) is 0. The van der Waals surface area contributed by atoms with Crippen molar-refractivity contribution in [2.45, 2.75) is 0 Å². The quantitative estimate of drug-likeness (QED) is 0.758. The highest BCUT2D eigenvalue weighted by molar-refractivity contribution is 7.18. The first-order valence-electron chi connectivity index (χ1n) is 3.35. The maximum absolute atomic E-state index is 5.76. The average Bonchev–Trinajstić information content (AvgIpc) is 2.52. The number of halogens is 2. The predicted octanol–water partition coefficient (Wildman–Crippen LogP) is 2.91. The van der Waals surface area contributed by atoms with E-state index >= 15 is 0 Å². The smallest absolute Gasteiger partial charge is 0.207 e. The number of rotatable bonds is 1. The summed E-state index contributed by atoms with van der Waals surface area (Å²) in [5, 5.41) is 8.85. The maximum Gasteiger partial charge on any atom is 0.207 e. The fourth-order valence-electron chi connectivity index (χ4n) is 0.851. The molecule has 0 radical (unpaired) electrons.